The van der Waals surface area contributed by atoms with Crippen LogP contribution < -0.4 is 10.6 Å². The summed E-state index contributed by atoms with van der Waals surface area (Å²) in [6.45, 7) is 0. The predicted molar refractivity (Wildman–Crippen MR) is 77.0 cm³/mol. The topological polar surface area (TPSA) is 70.9 Å². The van der Waals surface area contributed by atoms with Crippen LogP contribution in [0, 0.1) is 11.3 Å². The number of nitrogen functional groups attached to an aromatic ring is 1. The molecule has 0 atom stereocenters. The highest BCUT2D eigenvalue weighted by Gasteiger charge is 2.19. The molecule has 5 nitrogen and oxygen atoms in total. The van der Waals surface area contributed by atoms with E-state index in [9.17, 15) is 0 Å². The van der Waals surface area contributed by atoms with Crippen molar-refractivity contribution in [3.05, 3.63) is 33.8 Å². The third-order valence-electron chi connectivity index (χ3n) is 2.58. The zero-order valence-corrected chi connectivity index (χ0v) is 11.9. The first-order valence-electron chi connectivity index (χ1n) is 5.37. The highest BCUT2D eigenvalue weighted by atomic mass is 35.5. The van der Waals surface area contributed by atoms with Gasteiger partial charge in [0, 0.05) is 19.1 Å². The first kappa shape index (κ1) is 13.5. The number of rotatable bonds is 2. The summed E-state index contributed by atoms with van der Waals surface area (Å²) in [5.74, 6) is 0.737. The van der Waals surface area contributed by atoms with Crippen molar-refractivity contribution in [1.82, 2.24) is 9.78 Å². The molecule has 2 N–H and O–H groups in total. The average Bonchev–Trinajstić information content (AvgIpc) is 2.66. The Morgan fingerprint density at radius 2 is 2.05 bits per heavy atom. The maximum atomic E-state index is 9.16. The number of nitrogens with two attached hydrogens (primary N) is 1. The second-order valence-electron chi connectivity index (χ2n) is 4.10. The fourth-order valence-corrected chi connectivity index (χ4v) is 2.16. The Kier molecular flexibility index (Phi) is 3.56. The number of halogens is 2. The number of nitrogens with zero attached hydrogens (tertiary/aromatic N) is 4. The third-order valence-corrected chi connectivity index (χ3v) is 3.11. The Bertz CT molecular complexity index is 669. The molecule has 7 heteroatoms. The lowest BCUT2D eigenvalue weighted by Crippen LogP contribution is -2.11. The molecular formula is C12H11Cl2N5. The minimum atomic E-state index is 0.246. The summed E-state index contributed by atoms with van der Waals surface area (Å²) in [6.07, 6.45) is 0. The Morgan fingerprint density at radius 3 is 2.53 bits per heavy atom. The highest BCUT2D eigenvalue weighted by Crippen LogP contribution is 2.30. The maximum absolute atomic E-state index is 9.16. The lowest BCUT2D eigenvalue weighted by atomic mass is 10.3. The lowest BCUT2D eigenvalue weighted by molar-refractivity contribution is 0.875. The summed E-state index contributed by atoms with van der Waals surface area (Å²) in [6, 6.07) is 7.03. The van der Waals surface area contributed by atoms with E-state index in [2.05, 4.69) is 5.10 Å². The Hall–Kier alpha value is -1.90. The molecule has 1 aromatic carbocycles. The zero-order valence-electron chi connectivity index (χ0n) is 10.4. The van der Waals surface area contributed by atoms with Crippen molar-refractivity contribution < 1.29 is 0 Å². The minimum absolute atomic E-state index is 0.246. The van der Waals surface area contributed by atoms with E-state index in [0.717, 1.165) is 0 Å². The van der Waals surface area contributed by atoms with E-state index in [1.54, 1.807) is 37.2 Å². The summed E-state index contributed by atoms with van der Waals surface area (Å²) in [5.41, 5.74) is 6.84. The van der Waals surface area contributed by atoms with Crippen molar-refractivity contribution in [2.75, 3.05) is 24.7 Å². The largest absolute Gasteiger partial charge is 0.382 e. The van der Waals surface area contributed by atoms with Crippen molar-refractivity contribution >= 4 is 34.8 Å². The van der Waals surface area contributed by atoms with Gasteiger partial charge in [-0.2, -0.15) is 5.26 Å². The molecule has 1 heterocycles. The van der Waals surface area contributed by atoms with Gasteiger partial charge in [0.15, 0.2) is 5.82 Å². The number of hydrogen-bond acceptors (Lipinski definition) is 4. The molecule has 0 radical (unpaired) electrons. The molecule has 0 unspecified atom stereocenters. The van der Waals surface area contributed by atoms with Crippen LogP contribution in [0.15, 0.2) is 18.2 Å². The van der Waals surface area contributed by atoms with Crippen LogP contribution in [0.3, 0.4) is 0 Å². The van der Waals surface area contributed by atoms with E-state index in [1.807, 2.05) is 6.07 Å². The Labute approximate surface area is 120 Å². The highest BCUT2D eigenvalue weighted by molar-refractivity contribution is 6.35. The minimum Gasteiger partial charge on any atom is -0.382 e. The van der Waals surface area contributed by atoms with Crippen LogP contribution in [0.5, 0.6) is 0 Å². The molecular weight excluding hydrogens is 285 g/mol. The van der Waals surface area contributed by atoms with Crippen LogP contribution >= 0.6 is 23.2 Å². The predicted octanol–water partition coefficient (Wildman–Crippen LogP) is 2.70. The van der Waals surface area contributed by atoms with Crippen molar-refractivity contribution in [3.63, 3.8) is 0 Å². The summed E-state index contributed by atoms with van der Waals surface area (Å²) in [7, 11) is 3.58. The van der Waals surface area contributed by atoms with Crippen LogP contribution in [-0.4, -0.2) is 23.9 Å². The van der Waals surface area contributed by atoms with Crippen LogP contribution in [0.1, 0.15) is 5.56 Å². The molecule has 0 fully saturated rings. The summed E-state index contributed by atoms with van der Waals surface area (Å²) in [5, 5.41) is 14.4. The summed E-state index contributed by atoms with van der Waals surface area (Å²) >= 11 is 12.0. The SMILES string of the molecule is CN(C)c1nn(-c2ccc(Cl)cc2Cl)c(N)c1C#N. The van der Waals surface area contributed by atoms with Crippen molar-refractivity contribution in [3.8, 4) is 11.8 Å². The summed E-state index contributed by atoms with van der Waals surface area (Å²) < 4.78 is 1.44. The Morgan fingerprint density at radius 1 is 1.37 bits per heavy atom. The number of hydrogen-bond donors (Lipinski definition) is 1. The third kappa shape index (κ3) is 2.33. The molecule has 98 valence electrons. The van der Waals surface area contributed by atoms with Crippen LogP contribution in [0.4, 0.5) is 11.6 Å². The van der Waals surface area contributed by atoms with E-state index in [0.29, 0.717) is 27.1 Å². The van der Waals surface area contributed by atoms with Crippen LogP contribution in [0.25, 0.3) is 5.69 Å². The van der Waals surface area contributed by atoms with Crippen molar-refractivity contribution in [1.29, 1.82) is 5.26 Å². The van der Waals surface area contributed by atoms with Gasteiger partial charge < -0.3 is 10.6 Å². The van der Waals surface area contributed by atoms with Gasteiger partial charge in [0.05, 0.1) is 10.7 Å². The quantitative estimate of drug-likeness (QED) is 0.925. The monoisotopic (exact) mass is 295 g/mol. The van der Waals surface area contributed by atoms with E-state index < -0.39 is 0 Å². The molecule has 0 bridgehead atoms. The molecule has 1 aromatic heterocycles. The molecule has 2 rings (SSSR count). The number of benzene rings is 1. The number of aromatic nitrogens is 2. The molecule has 0 amide bonds. The molecule has 0 aliphatic rings. The van der Waals surface area contributed by atoms with Gasteiger partial charge in [-0.05, 0) is 18.2 Å². The fraction of sp³-hybridized carbons (Fsp3) is 0.167. The van der Waals surface area contributed by atoms with Crippen molar-refractivity contribution in [2.24, 2.45) is 0 Å². The van der Waals surface area contributed by atoms with Gasteiger partial charge in [0.25, 0.3) is 0 Å². The van der Waals surface area contributed by atoms with Gasteiger partial charge in [0.1, 0.15) is 17.5 Å². The van der Waals surface area contributed by atoms with Crippen LogP contribution in [-0.2, 0) is 0 Å². The lowest BCUT2D eigenvalue weighted by Gasteiger charge is -2.08. The van der Waals surface area contributed by atoms with E-state index in [-0.39, 0.29) is 5.82 Å². The van der Waals surface area contributed by atoms with Gasteiger partial charge in [-0.1, -0.05) is 23.2 Å². The van der Waals surface area contributed by atoms with Gasteiger partial charge in [-0.15, -0.1) is 5.10 Å². The first-order chi connectivity index (χ1) is 8.95. The Balaban J connectivity index is 2.67. The van der Waals surface area contributed by atoms with E-state index >= 15 is 0 Å². The number of nitriles is 1. The molecule has 0 aliphatic carbocycles. The van der Waals surface area contributed by atoms with E-state index in [4.69, 9.17) is 34.2 Å². The molecule has 0 saturated carbocycles. The normalized spacial score (nSPS) is 10.3. The van der Waals surface area contributed by atoms with Gasteiger partial charge in [-0.3, -0.25) is 0 Å². The molecule has 0 aliphatic heterocycles. The molecule has 0 saturated heterocycles. The van der Waals surface area contributed by atoms with Crippen molar-refractivity contribution in [2.45, 2.75) is 0 Å². The van der Waals surface area contributed by atoms with Gasteiger partial charge in [0.2, 0.25) is 0 Å². The maximum Gasteiger partial charge on any atom is 0.170 e. The van der Waals surface area contributed by atoms with E-state index in [1.165, 1.54) is 4.68 Å². The fourth-order valence-electron chi connectivity index (χ4n) is 1.68. The summed E-state index contributed by atoms with van der Waals surface area (Å²) in [4.78, 5) is 1.72. The second-order valence-corrected chi connectivity index (χ2v) is 4.94. The van der Waals surface area contributed by atoms with Gasteiger partial charge in [-0.25, -0.2) is 4.68 Å². The molecule has 0 spiro atoms. The first-order valence-corrected chi connectivity index (χ1v) is 6.12. The van der Waals surface area contributed by atoms with Gasteiger partial charge >= 0.3 is 0 Å². The number of anilines is 2. The standard InChI is InChI=1S/C12H11Cl2N5/c1-18(2)12-8(6-15)11(16)19(17-12)10-4-3-7(13)5-9(10)14/h3-5H,16H2,1-2H3. The average molecular weight is 296 g/mol. The smallest absolute Gasteiger partial charge is 0.170 e. The molecule has 19 heavy (non-hydrogen) atoms. The second kappa shape index (κ2) is 5.00. The molecule has 2 aromatic rings. The zero-order chi connectivity index (χ0) is 14.2. The van der Waals surface area contributed by atoms with Crippen LogP contribution in [0.2, 0.25) is 10.0 Å².